The molecule has 1 fully saturated rings. The topological polar surface area (TPSA) is 97.5 Å². The SMILES string of the molecule is Cc1cc(Br)ccc1N1C(=O)/C(=C\c2cc(-c3ccccc3)n(-c3ccc([N+](=O)[O-])cc3)c2-c2ccccc2)C(=O)NC1=S. The van der Waals surface area contributed by atoms with E-state index in [2.05, 4.69) is 21.2 Å². The third kappa shape index (κ3) is 5.36. The van der Waals surface area contributed by atoms with Crippen LogP contribution in [0.2, 0.25) is 0 Å². The molecular weight excluding hydrogens is 640 g/mol. The average Bonchev–Trinajstić information content (AvgIpc) is 3.40. The highest BCUT2D eigenvalue weighted by Crippen LogP contribution is 2.38. The molecule has 4 aromatic carbocycles. The van der Waals surface area contributed by atoms with E-state index in [4.69, 9.17) is 12.2 Å². The number of nitrogens with one attached hydrogen (secondary N) is 1. The number of nitrogens with zero attached hydrogens (tertiary/aromatic N) is 3. The number of hydrogen-bond donors (Lipinski definition) is 1. The number of benzene rings is 4. The van der Waals surface area contributed by atoms with Gasteiger partial charge in [-0.05, 0) is 78.3 Å². The summed E-state index contributed by atoms with van der Waals surface area (Å²) in [6.07, 6.45) is 1.58. The van der Waals surface area contributed by atoms with Crippen molar-refractivity contribution in [2.24, 2.45) is 0 Å². The maximum atomic E-state index is 14.0. The lowest BCUT2D eigenvalue weighted by atomic mass is 10.0. The minimum Gasteiger partial charge on any atom is -0.309 e. The molecule has 0 atom stereocenters. The zero-order valence-corrected chi connectivity index (χ0v) is 25.6. The first kappa shape index (κ1) is 28.9. The molecule has 10 heteroatoms. The summed E-state index contributed by atoms with van der Waals surface area (Å²) in [5, 5.41) is 14.1. The van der Waals surface area contributed by atoms with Crippen LogP contribution in [0.1, 0.15) is 11.1 Å². The Labute approximate surface area is 266 Å². The van der Waals surface area contributed by atoms with E-state index < -0.39 is 16.7 Å². The largest absolute Gasteiger partial charge is 0.309 e. The molecule has 6 rings (SSSR count). The predicted molar refractivity (Wildman–Crippen MR) is 178 cm³/mol. The van der Waals surface area contributed by atoms with Crippen LogP contribution in [-0.4, -0.2) is 26.4 Å². The maximum absolute atomic E-state index is 14.0. The molecule has 1 aliphatic heterocycles. The summed E-state index contributed by atoms with van der Waals surface area (Å²) in [7, 11) is 0. The number of aryl methyl sites for hydroxylation is 1. The number of thiocarbonyl (C=S) groups is 1. The van der Waals surface area contributed by atoms with Gasteiger partial charge in [0.25, 0.3) is 17.5 Å². The van der Waals surface area contributed by atoms with E-state index in [1.165, 1.54) is 17.0 Å². The quantitative estimate of drug-likeness (QED) is 0.0663. The smallest absolute Gasteiger partial charge is 0.270 e. The fourth-order valence-corrected chi connectivity index (χ4v) is 6.00. The molecule has 0 bridgehead atoms. The van der Waals surface area contributed by atoms with E-state index in [-0.39, 0.29) is 16.4 Å². The Morgan fingerprint density at radius 3 is 2.11 bits per heavy atom. The highest BCUT2D eigenvalue weighted by atomic mass is 79.9. The fourth-order valence-electron chi connectivity index (χ4n) is 5.25. The average molecular weight is 664 g/mol. The number of carbonyl (C=O) groups is 2. The van der Waals surface area contributed by atoms with Crippen molar-refractivity contribution in [3.05, 3.63) is 140 Å². The molecule has 0 unspecified atom stereocenters. The number of halogens is 1. The molecular formula is C34H23BrN4O4S. The Hall–Kier alpha value is -5.19. The summed E-state index contributed by atoms with van der Waals surface area (Å²) in [5.74, 6) is -1.15. The van der Waals surface area contributed by atoms with E-state index >= 15 is 0 Å². The van der Waals surface area contributed by atoms with Crippen molar-refractivity contribution in [3.8, 4) is 28.2 Å². The number of amides is 2. The Morgan fingerprint density at radius 2 is 1.50 bits per heavy atom. The van der Waals surface area contributed by atoms with Crippen molar-refractivity contribution < 1.29 is 14.5 Å². The van der Waals surface area contributed by atoms with Gasteiger partial charge in [0.15, 0.2) is 5.11 Å². The Morgan fingerprint density at radius 1 is 0.864 bits per heavy atom. The molecule has 2 amide bonds. The third-order valence-electron chi connectivity index (χ3n) is 7.27. The Kier molecular flexibility index (Phi) is 7.77. The molecule has 1 N–H and O–H groups in total. The second kappa shape index (κ2) is 11.8. The molecule has 1 saturated heterocycles. The van der Waals surface area contributed by atoms with Crippen LogP contribution in [0.5, 0.6) is 0 Å². The monoisotopic (exact) mass is 662 g/mol. The number of hydrogen-bond acceptors (Lipinski definition) is 5. The molecule has 216 valence electrons. The van der Waals surface area contributed by atoms with Gasteiger partial charge in [-0.3, -0.25) is 29.9 Å². The van der Waals surface area contributed by atoms with Gasteiger partial charge in [0.1, 0.15) is 5.57 Å². The fraction of sp³-hybridized carbons (Fsp3) is 0.0294. The van der Waals surface area contributed by atoms with Crippen molar-refractivity contribution >= 4 is 62.5 Å². The summed E-state index contributed by atoms with van der Waals surface area (Å²) in [5.41, 5.74) is 5.68. The number of rotatable bonds is 6. The summed E-state index contributed by atoms with van der Waals surface area (Å²) < 4.78 is 2.83. The molecule has 0 spiro atoms. The molecule has 0 saturated carbocycles. The number of nitro groups is 1. The van der Waals surface area contributed by atoms with Crippen molar-refractivity contribution in [2.75, 3.05) is 4.90 Å². The van der Waals surface area contributed by atoms with Gasteiger partial charge in [-0.2, -0.15) is 0 Å². The van der Waals surface area contributed by atoms with Crippen LogP contribution in [-0.2, 0) is 9.59 Å². The number of nitro benzene ring substituents is 1. The summed E-state index contributed by atoms with van der Waals surface area (Å²) >= 11 is 8.89. The van der Waals surface area contributed by atoms with E-state index in [0.717, 1.165) is 26.9 Å². The minimum atomic E-state index is -0.602. The minimum absolute atomic E-state index is 0.000667. The van der Waals surface area contributed by atoms with Gasteiger partial charge in [0, 0.05) is 27.9 Å². The first-order chi connectivity index (χ1) is 21.2. The highest BCUT2D eigenvalue weighted by Gasteiger charge is 2.35. The van der Waals surface area contributed by atoms with Gasteiger partial charge in [-0.1, -0.05) is 76.6 Å². The number of anilines is 1. The molecule has 0 aliphatic carbocycles. The summed E-state index contributed by atoms with van der Waals surface area (Å²) in [6.45, 7) is 1.86. The predicted octanol–water partition coefficient (Wildman–Crippen LogP) is 7.62. The van der Waals surface area contributed by atoms with E-state index in [1.807, 2.05) is 90.4 Å². The summed E-state index contributed by atoms with van der Waals surface area (Å²) in [6, 6.07) is 32.9. The lowest BCUT2D eigenvalue weighted by Gasteiger charge is -2.30. The van der Waals surface area contributed by atoms with Crippen LogP contribution < -0.4 is 10.2 Å². The van der Waals surface area contributed by atoms with Crippen LogP contribution in [0.3, 0.4) is 0 Å². The van der Waals surface area contributed by atoms with Gasteiger partial charge >= 0.3 is 0 Å². The summed E-state index contributed by atoms with van der Waals surface area (Å²) in [4.78, 5) is 39.6. The first-order valence-electron chi connectivity index (χ1n) is 13.5. The van der Waals surface area contributed by atoms with Crippen molar-refractivity contribution in [3.63, 3.8) is 0 Å². The van der Waals surface area contributed by atoms with Crippen LogP contribution in [0.15, 0.2) is 119 Å². The van der Waals surface area contributed by atoms with Gasteiger partial charge < -0.3 is 4.57 Å². The van der Waals surface area contributed by atoms with Gasteiger partial charge in [-0.25, -0.2) is 0 Å². The van der Waals surface area contributed by atoms with E-state index in [0.29, 0.717) is 22.6 Å². The number of non-ortho nitro benzene ring substituents is 1. The van der Waals surface area contributed by atoms with Crippen molar-refractivity contribution in [1.29, 1.82) is 0 Å². The molecule has 5 aromatic rings. The maximum Gasteiger partial charge on any atom is 0.270 e. The van der Waals surface area contributed by atoms with Gasteiger partial charge in [0.2, 0.25) is 0 Å². The standard InChI is InChI=1S/C34H23BrN4O4S/c1-21-18-25(35)12-17-29(21)38-33(41)28(32(40)36-34(38)44)19-24-20-30(22-8-4-2-5-9-22)37(31(24)23-10-6-3-7-11-23)26-13-15-27(16-14-26)39(42)43/h2-20H,1H3,(H,36,40,44)/b28-19-. The van der Waals surface area contributed by atoms with Gasteiger partial charge in [0.05, 0.1) is 22.0 Å². The Bertz CT molecular complexity index is 1990. The van der Waals surface area contributed by atoms with Gasteiger partial charge in [-0.15, -0.1) is 0 Å². The molecule has 8 nitrogen and oxygen atoms in total. The Balaban J connectivity index is 1.59. The van der Waals surface area contributed by atoms with Crippen LogP contribution in [0.25, 0.3) is 34.3 Å². The van der Waals surface area contributed by atoms with E-state index in [1.54, 1.807) is 24.3 Å². The number of carbonyl (C=O) groups excluding carboxylic acids is 2. The molecule has 2 heterocycles. The molecule has 0 radical (unpaired) electrons. The lowest BCUT2D eigenvalue weighted by molar-refractivity contribution is -0.384. The van der Waals surface area contributed by atoms with Crippen molar-refractivity contribution in [2.45, 2.75) is 6.92 Å². The van der Waals surface area contributed by atoms with Crippen molar-refractivity contribution in [1.82, 2.24) is 9.88 Å². The highest BCUT2D eigenvalue weighted by molar-refractivity contribution is 9.10. The second-order valence-corrected chi connectivity index (χ2v) is 11.4. The van der Waals surface area contributed by atoms with Crippen LogP contribution >= 0.6 is 28.1 Å². The lowest BCUT2D eigenvalue weighted by Crippen LogP contribution is -2.54. The molecule has 1 aliphatic rings. The normalized spacial score (nSPS) is 14.2. The zero-order valence-electron chi connectivity index (χ0n) is 23.2. The molecule has 1 aromatic heterocycles. The third-order valence-corrected chi connectivity index (χ3v) is 8.04. The zero-order chi connectivity index (χ0) is 31.0. The molecule has 44 heavy (non-hydrogen) atoms. The van der Waals surface area contributed by atoms with Crippen LogP contribution in [0.4, 0.5) is 11.4 Å². The van der Waals surface area contributed by atoms with E-state index in [9.17, 15) is 19.7 Å². The second-order valence-electron chi connectivity index (χ2n) is 10.1. The van der Waals surface area contributed by atoms with Crippen LogP contribution in [0, 0.1) is 17.0 Å². The first-order valence-corrected chi connectivity index (χ1v) is 14.7. The number of aromatic nitrogens is 1.